The van der Waals surface area contributed by atoms with E-state index in [1.807, 2.05) is 25.1 Å². The van der Waals surface area contributed by atoms with Gasteiger partial charge in [-0.3, -0.25) is 9.59 Å². The molecule has 1 aliphatic carbocycles. The third-order valence-corrected chi connectivity index (χ3v) is 5.31. The van der Waals surface area contributed by atoms with Crippen molar-refractivity contribution in [2.45, 2.75) is 71.8 Å². The standard InChI is InChI=1S/C21H32N2O2/c1-5-15(4)22-20(24)16-10-12-17(13-11-16)21(25)23-19-9-7-6-8-18(19)14(2)3/h6-9,14-17H,5,10-13H2,1-4H3,(H,22,24)(H,23,25). The van der Waals surface area contributed by atoms with Crippen LogP contribution in [0.1, 0.15) is 71.3 Å². The maximum Gasteiger partial charge on any atom is 0.227 e. The normalized spacial score (nSPS) is 21.6. The number of amides is 2. The summed E-state index contributed by atoms with van der Waals surface area (Å²) < 4.78 is 0. The van der Waals surface area contributed by atoms with Gasteiger partial charge in [0.05, 0.1) is 0 Å². The number of nitrogens with one attached hydrogen (secondary N) is 2. The van der Waals surface area contributed by atoms with E-state index in [1.165, 1.54) is 0 Å². The van der Waals surface area contributed by atoms with Crippen LogP contribution in [0.4, 0.5) is 5.69 Å². The van der Waals surface area contributed by atoms with Gasteiger partial charge in [-0.25, -0.2) is 0 Å². The van der Waals surface area contributed by atoms with Gasteiger partial charge in [0.15, 0.2) is 0 Å². The first-order valence-electron chi connectivity index (χ1n) is 9.62. The summed E-state index contributed by atoms with van der Waals surface area (Å²) in [5.41, 5.74) is 2.08. The molecule has 0 saturated heterocycles. The van der Waals surface area contributed by atoms with E-state index in [4.69, 9.17) is 0 Å². The number of anilines is 1. The molecule has 0 bridgehead atoms. The molecule has 0 heterocycles. The smallest absolute Gasteiger partial charge is 0.227 e. The highest BCUT2D eigenvalue weighted by molar-refractivity contribution is 5.93. The number of hydrogen-bond acceptors (Lipinski definition) is 2. The summed E-state index contributed by atoms with van der Waals surface area (Å²) >= 11 is 0. The number of rotatable bonds is 6. The van der Waals surface area contributed by atoms with Crippen LogP contribution in [0.15, 0.2) is 24.3 Å². The summed E-state index contributed by atoms with van der Waals surface area (Å²) in [5.74, 6) is 0.678. The minimum absolute atomic E-state index is 0.00728. The summed E-state index contributed by atoms with van der Waals surface area (Å²) in [7, 11) is 0. The van der Waals surface area contributed by atoms with Crippen LogP contribution in [0.2, 0.25) is 0 Å². The zero-order valence-corrected chi connectivity index (χ0v) is 16.0. The van der Waals surface area contributed by atoms with Crippen LogP contribution in [0.5, 0.6) is 0 Å². The summed E-state index contributed by atoms with van der Waals surface area (Å²) in [4.78, 5) is 24.9. The molecule has 0 aromatic heterocycles. The molecule has 1 aromatic rings. The molecule has 1 aliphatic rings. The zero-order chi connectivity index (χ0) is 18.4. The molecule has 1 atom stereocenters. The van der Waals surface area contributed by atoms with E-state index in [9.17, 15) is 9.59 Å². The van der Waals surface area contributed by atoms with Gasteiger partial charge in [0, 0.05) is 23.6 Å². The maximum absolute atomic E-state index is 12.6. The molecule has 0 aliphatic heterocycles. The second-order valence-electron chi connectivity index (χ2n) is 7.60. The van der Waals surface area contributed by atoms with Crippen LogP contribution in [-0.2, 0) is 9.59 Å². The minimum Gasteiger partial charge on any atom is -0.353 e. The van der Waals surface area contributed by atoms with Crippen molar-refractivity contribution in [2.24, 2.45) is 11.8 Å². The van der Waals surface area contributed by atoms with Gasteiger partial charge in [-0.1, -0.05) is 39.0 Å². The van der Waals surface area contributed by atoms with E-state index in [0.717, 1.165) is 43.4 Å². The molecule has 0 spiro atoms. The molecule has 2 rings (SSSR count). The van der Waals surface area contributed by atoms with Crippen LogP contribution >= 0.6 is 0 Å². The Morgan fingerprint density at radius 3 is 2.12 bits per heavy atom. The number of benzene rings is 1. The number of carbonyl (C=O) groups is 2. The molecule has 2 amide bonds. The van der Waals surface area contributed by atoms with Gasteiger partial charge in [-0.15, -0.1) is 0 Å². The molecular formula is C21H32N2O2. The van der Waals surface area contributed by atoms with E-state index in [1.54, 1.807) is 0 Å². The molecular weight excluding hydrogens is 312 g/mol. The van der Waals surface area contributed by atoms with Gasteiger partial charge in [-0.2, -0.15) is 0 Å². The Hall–Kier alpha value is -1.84. The number of para-hydroxylation sites is 1. The third-order valence-electron chi connectivity index (χ3n) is 5.31. The Bertz CT molecular complexity index is 589. The minimum atomic E-state index is 0.00728. The highest BCUT2D eigenvalue weighted by Crippen LogP contribution is 2.31. The summed E-state index contributed by atoms with van der Waals surface area (Å²) in [6, 6.07) is 8.22. The third kappa shape index (κ3) is 5.32. The van der Waals surface area contributed by atoms with Crippen molar-refractivity contribution in [1.82, 2.24) is 5.32 Å². The second-order valence-corrected chi connectivity index (χ2v) is 7.60. The molecule has 1 saturated carbocycles. The first kappa shape index (κ1) is 19.5. The average Bonchev–Trinajstić information content (AvgIpc) is 2.61. The first-order valence-corrected chi connectivity index (χ1v) is 9.62. The van der Waals surface area contributed by atoms with Crippen LogP contribution in [0, 0.1) is 11.8 Å². The van der Waals surface area contributed by atoms with E-state index >= 15 is 0 Å². The van der Waals surface area contributed by atoms with Crippen molar-refractivity contribution >= 4 is 17.5 Å². The highest BCUT2D eigenvalue weighted by Gasteiger charge is 2.30. The largest absolute Gasteiger partial charge is 0.353 e. The van der Waals surface area contributed by atoms with E-state index in [0.29, 0.717) is 5.92 Å². The molecule has 4 heteroatoms. The van der Waals surface area contributed by atoms with Crippen molar-refractivity contribution in [3.05, 3.63) is 29.8 Å². The monoisotopic (exact) mass is 344 g/mol. The molecule has 1 aromatic carbocycles. The number of carbonyl (C=O) groups excluding carboxylic acids is 2. The van der Waals surface area contributed by atoms with E-state index < -0.39 is 0 Å². The van der Waals surface area contributed by atoms with Crippen LogP contribution in [0.25, 0.3) is 0 Å². The molecule has 4 nitrogen and oxygen atoms in total. The molecule has 1 fully saturated rings. The zero-order valence-electron chi connectivity index (χ0n) is 16.0. The average molecular weight is 344 g/mol. The Kier molecular flexibility index (Phi) is 7.03. The Morgan fingerprint density at radius 2 is 1.56 bits per heavy atom. The van der Waals surface area contributed by atoms with Crippen molar-refractivity contribution < 1.29 is 9.59 Å². The van der Waals surface area contributed by atoms with Gasteiger partial charge < -0.3 is 10.6 Å². The van der Waals surface area contributed by atoms with Gasteiger partial charge >= 0.3 is 0 Å². The van der Waals surface area contributed by atoms with Gasteiger partial charge in [0.1, 0.15) is 0 Å². The van der Waals surface area contributed by atoms with Crippen LogP contribution in [0.3, 0.4) is 0 Å². The Balaban J connectivity index is 1.89. The Labute approximate surface area is 151 Å². The molecule has 138 valence electrons. The Morgan fingerprint density at radius 1 is 1.00 bits per heavy atom. The van der Waals surface area contributed by atoms with E-state index in [-0.39, 0.29) is 29.7 Å². The quantitative estimate of drug-likeness (QED) is 0.800. The fraction of sp³-hybridized carbons (Fsp3) is 0.619. The van der Waals surface area contributed by atoms with Crippen molar-refractivity contribution in [3.63, 3.8) is 0 Å². The fourth-order valence-corrected chi connectivity index (χ4v) is 3.43. The lowest BCUT2D eigenvalue weighted by Gasteiger charge is -2.28. The highest BCUT2D eigenvalue weighted by atomic mass is 16.2. The van der Waals surface area contributed by atoms with E-state index in [2.05, 4.69) is 37.5 Å². The molecule has 2 N–H and O–H groups in total. The fourth-order valence-electron chi connectivity index (χ4n) is 3.43. The van der Waals surface area contributed by atoms with Crippen molar-refractivity contribution in [1.29, 1.82) is 0 Å². The number of hydrogen-bond donors (Lipinski definition) is 2. The van der Waals surface area contributed by atoms with Crippen LogP contribution < -0.4 is 10.6 Å². The van der Waals surface area contributed by atoms with Gasteiger partial charge in [0.25, 0.3) is 0 Å². The predicted octanol–water partition coefficient (Wildman–Crippen LogP) is 4.47. The van der Waals surface area contributed by atoms with Crippen molar-refractivity contribution in [3.8, 4) is 0 Å². The van der Waals surface area contributed by atoms with Crippen LogP contribution in [-0.4, -0.2) is 17.9 Å². The summed E-state index contributed by atoms with van der Waals surface area (Å²) in [5, 5.41) is 6.17. The molecule has 1 unspecified atom stereocenters. The topological polar surface area (TPSA) is 58.2 Å². The molecule has 25 heavy (non-hydrogen) atoms. The second kappa shape index (κ2) is 9.02. The summed E-state index contributed by atoms with van der Waals surface area (Å²) in [6.07, 6.45) is 4.11. The lowest BCUT2D eigenvalue weighted by molar-refractivity contribution is -0.129. The van der Waals surface area contributed by atoms with Gasteiger partial charge in [0.2, 0.25) is 11.8 Å². The first-order chi connectivity index (χ1) is 11.9. The maximum atomic E-state index is 12.6. The SMILES string of the molecule is CCC(C)NC(=O)C1CCC(C(=O)Nc2ccccc2C(C)C)CC1. The van der Waals surface area contributed by atoms with Crippen molar-refractivity contribution in [2.75, 3.05) is 5.32 Å². The van der Waals surface area contributed by atoms with Gasteiger partial charge in [-0.05, 0) is 56.6 Å². The molecule has 0 radical (unpaired) electrons. The predicted molar refractivity (Wildman–Crippen MR) is 103 cm³/mol. The lowest BCUT2D eigenvalue weighted by atomic mass is 9.81. The summed E-state index contributed by atoms with van der Waals surface area (Å²) in [6.45, 7) is 8.36. The lowest BCUT2D eigenvalue weighted by Crippen LogP contribution is -2.39.